The molecule has 454 valence electrons. The first-order chi connectivity index (χ1) is 37.5. The fourth-order valence-electron chi connectivity index (χ4n) is 10.3. The minimum absolute atomic E-state index is 0.168. The van der Waals surface area contributed by atoms with Crippen LogP contribution in [0.3, 0.4) is 0 Å². The van der Waals surface area contributed by atoms with E-state index in [9.17, 15) is 45.3 Å². The minimum Gasteiger partial charge on any atom is -0.462 e. The third-order valence-electron chi connectivity index (χ3n) is 15.5. The fraction of sp³-hybridized carbons (Fsp3) is 0.935. The van der Waals surface area contributed by atoms with E-state index in [1.807, 2.05) is 0 Å². The van der Waals surface area contributed by atoms with Crippen molar-refractivity contribution in [2.45, 2.75) is 345 Å². The van der Waals surface area contributed by atoms with E-state index in [2.05, 4.69) is 26.0 Å². The summed E-state index contributed by atoms with van der Waals surface area (Å²) in [6, 6.07) is 0. The molecule has 11 atom stereocenters. The number of unbranched alkanes of at least 4 members (excludes halogenated alkanes) is 36. The van der Waals surface area contributed by atoms with Crippen molar-refractivity contribution in [2.75, 3.05) is 26.4 Å². The molecule has 2 aliphatic rings. The highest BCUT2D eigenvalue weighted by Gasteiger charge is 2.47. The Kier molecular flexibility index (Phi) is 45.3. The van der Waals surface area contributed by atoms with Gasteiger partial charge in [0.05, 0.1) is 19.8 Å². The lowest BCUT2D eigenvalue weighted by Gasteiger charge is -2.42. The number of aliphatic hydroxyl groups excluding tert-OH is 7. The summed E-state index contributed by atoms with van der Waals surface area (Å²) in [6.07, 6.45) is 36.6. The van der Waals surface area contributed by atoms with Gasteiger partial charge in [-0.2, -0.15) is 0 Å². The molecule has 0 aromatic carbocycles. The van der Waals surface area contributed by atoms with Gasteiger partial charge in [-0.05, 0) is 38.5 Å². The molecule has 4 unspecified atom stereocenters. The average Bonchev–Trinajstić information content (AvgIpc) is 3.43. The molecule has 0 aromatic heterocycles. The quantitative estimate of drug-likeness (QED) is 0.0171. The van der Waals surface area contributed by atoms with Crippen LogP contribution in [0.25, 0.3) is 0 Å². The van der Waals surface area contributed by atoms with E-state index >= 15 is 0 Å². The Morgan fingerprint density at radius 2 is 0.740 bits per heavy atom. The van der Waals surface area contributed by atoms with Gasteiger partial charge in [0.1, 0.15) is 55.4 Å². The van der Waals surface area contributed by atoms with E-state index in [0.717, 1.165) is 44.9 Å². The zero-order valence-electron chi connectivity index (χ0n) is 48.7. The van der Waals surface area contributed by atoms with E-state index in [1.54, 1.807) is 0 Å². The van der Waals surface area contributed by atoms with Crippen LogP contribution in [0.1, 0.15) is 277 Å². The van der Waals surface area contributed by atoms with Crippen LogP contribution in [0, 0.1) is 0 Å². The van der Waals surface area contributed by atoms with Crippen LogP contribution < -0.4 is 0 Å². The van der Waals surface area contributed by atoms with Crippen molar-refractivity contribution in [3.63, 3.8) is 0 Å². The summed E-state index contributed by atoms with van der Waals surface area (Å²) in [5.74, 6) is -0.908. The van der Waals surface area contributed by atoms with Crippen LogP contribution in [0.15, 0.2) is 12.2 Å². The zero-order chi connectivity index (χ0) is 56.0. The molecule has 0 aromatic rings. The summed E-state index contributed by atoms with van der Waals surface area (Å²) < 4.78 is 33.8. The van der Waals surface area contributed by atoms with Crippen molar-refractivity contribution in [1.29, 1.82) is 0 Å². The molecule has 2 heterocycles. The largest absolute Gasteiger partial charge is 0.462 e. The van der Waals surface area contributed by atoms with Gasteiger partial charge in [-0.3, -0.25) is 9.59 Å². The molecule has 0 saturated carbocycles. The van der Waals surface area contributed by atoms with Crippen molar-refractivity contribution in [1.82, 2.24) is 0 Å². The standard InChI is InChI=1S/C62H116O15/c1-3-5-7-9-11-13-15-17-19-21-23-24-25-27-28-30-32-34-36-38-40-42-44-53(64)72-47-50(75-54(65)45-43-41-39-37-35-33-31-29-26-22-20-18-16-14-12-10-8-6-4-2)48-73-61-60(71)58(69)56(67)52(77-61)49-74-62-59(70)57(68)55(66)51(46-63)76-62/h18,20,50-52,55-63,66-71H,3-17,19,21-49H2,1-2H3/b20-18+/t50-,51+,52+,55-,56-,57?,58?,59?,60?,61+,62+/m0/s1. The first-order valence-electron chi connectivity index (χ1n) is 31.8. The van der Waals surface area contributed by atoms with Gasteiger partial charge in [0.2, 0.25) is 0 Å². The summed E-state index contributed by atoms with van der Waals surface area (Å²) in [5, 5.41) is 72.4. The number of hydrogen-bond acceptors (Lipinski definition) is 15. The van der Waals surface area contributed by atoms with Crippen molar-refractivity contribution in [3.05, 3.63) is 12.2 Å². The second kappa shape index (κ2) is 48.9. The lowest BCUT2D eigenvalue weighted by Crippen LogP contribution is -2.61. The summed E-state index contributed by atoms with van der Waals surface area (Å²) in [7, 11) is 0. The highest BCUT2D eigenvalue weighted by Crippen LogP contribution is 2.27. The molecule has 15 heteroatoms. The van der Waals surface area contributed by atoms with Crippen LogP contribution in [-0.4, -0.2) is 142 Å². The second-order valence-electron chi connectivity index (χ2n) is 22.6. The van der Waals surface area contributed by atoms with Crippen LogP contribution in [0.5, 0.6) is 0 Å². The van der Waals surface area contributed by atoms with Gasteiger partial charge in [-0.25, -0.2) is 0 Å². The first kappa shape index (κ1) is 71.3. The van der Waals surface area contributed by atoms with Crippen LogP contribution in [0.2, 0.25) is 0 Å². The van der Waals surface area contributed by atoms with Gasteiger partial charge in [0.15, 0.2) is 18.7 Å². The Morgan fingerprint density at radius 1 is 0.403 bits per heavy atom. The third kappa shape index (κ3) is 35.7. The van der Waals surface area contributed by atoms with E-state index in [-0.39, 0.29) is 26.1 Å². The molecule has 0 bridgehead atoms. The summed E-state index contributed by atoms with van der Waals surface area (Å²) in [5.41, 5.74) is 0. The molecule has 77 heavy (non-hydrogen) atoms. The van der Waals surface area contributed by atoms with E-state index in [0.29, 0.717) is 12.8 Å². The number of ether oxygens (including phenoxy) is 6. The molecule has 0 radical (unpaired) electrons. The summed E-state index contributed by atoms with van der Waals surface area (Å²) in [6.45, 7) is 2.66. The second-order valence-corrected chi connectivity index (χ2v) is 22.6. The average molecular weight is 1100 g/mol. The molecule has 0 amide bonds. The fourth-order valence-corrected chi connectivity index (χ4v) is 10.3. The predicted octanol–water partition coefficient (Wildman–Crippen LogP) is 11.7. The van der Waals surface area contributed by atoms with Gasteiger partial charge < -0.3 is 64.2 Å². The van der Waals surface area contributed by atoms with Crippen LogP contribution in [0.4, 0.5) is 0 Å². The maximum atomic E-state index is 13.1. The predicted molar refractivity (Wildman–Crippen MR) is 303 cm³/mol. The highest BCUT2D eigenvalue weighted by molar-refractivity contribution is 5.70. The molecule has 15 nitrogen and oxygen atoms in total. The third-order valence-corrected chi connectivity index (χ3v) is 15.5. The van der Waals surface area contributed by atoms with E-state index in [4.69, 9.17) is 28.4 Å². The first-order valence-corrected chi connectivity index (χ1v) is 31.8. The van der Waals surface area contributed by atoms with Gasteiger partial charge in [0, 0.05) is 12.8 Å². The smallest absolute Gasteiger partial charge is 0.306 e. The molecule has 2 aliphatic heterocycles. The Balaban J connectivity index is 1.70. The summed E-state index contributed by atoms with van der Waals surface area (Å²) in [4.78, 5) is 26.0. The monoisotopic (exact) mass is 1100 g/mol. The molecular weight excluding hydrogens is 985 g/mol. The van der Waals surface area contributed by atoms with Crippen molar-refractivity contribution in [3.8, 4) is 0 Å². The topological polar surface area (TPSA) is 231 Å². The SMILES string of the molecule is CCCCCCCC/C=C/CCCCCCCCCCCC(=O)O[C@@H](COC(=O)CCCCCCCCCCCCCCCCCCCCCCCC)CO[C@@H]1O[C@H](CO[C@@H]2O[C@H](CO)[C@H](O)C(O)C2O)[C@H](O)C(O)C1O. The van der Waals surface area contributed by atoms with E-state index < -0.39 is 92.7 Å². The zero-order valence-corrected chi connectivity index (χ0v) is 48.7. The molecule has 7 N–H and O–H groups in total. The lowest BCUT2D eigenvalue weighted by atomic mass is 9.98. The molecule has 2 rings (SSSR count). The Bertz CT molecular complexity index is 1390. The van der Waals surface area contributed by atoms with Crippen molar-refractivity contribution < 1.29 is 73.8 Å². The Labute approximate surface area is 467 Å². The van der Waals surface area contributed by atoms with Gasteiger partial charge in [-0.15, -0.1) is 0 Å². The molecular formula is C62H116O15. The molecule has 2 fully saturated rings. The maximum absolute atomic E-state index is 13.1. The number of hydrogen-bond donors (Lipinski definition) is 7. The van der Waals surface area contributed by atoms with E-state index in [1.165, 1.54) is 193 Å². The normalized spacial score (nSPS) is 24.2. The number of carbonyl (C=O) groups is 2. The minimum atomic E-state index is -1.76. The number of aliphatic hydroxyl groups is 7. The van der Waals surface area contributed by atoms with Gasteiger partial charge >= 0.3 is 11.9 Å². The molecule has 0 aliphatic carbocycles. The molecule has 2 saturated heterocycles. The van der Waals surface area contributed by atoms with Gasteiger partial charge in [0.25, 0.3) is 0 Å². The number of esters is 2. The van der Waals surface area contributed by atoms with Crippen LogP contribution in [-0.2, 0) is 38.0 Å². The number of carbonyl (C=O) groups excluding carboxylic acids is 2. The number of allylic oxidation sites excluding steroid dienone is 2. The number of rotatable bonds is 52. The Morgan fingerprint density at radius 3 is 1.14 bits per heavy atom. The summed E-state index contributed by atoms with van der Waals surface area (Å²) >= 11 is 0. The van der Waals surface area contributed by atoms with Crippen molar-refractivity contribution in [2.24, 2.45) is 0 Å². The Hall–Kier alpha value is -1.76. The highest BCUT2D eigenvalue weighted by atomic mass is 16.7. The van der Waals surface area contributed by atoms with Crippen LogP contribution >= 0.6 is 0 Å². The maximum Gasteiger partial charge on any atom is 0.306 e. The molecule has 0 spiro atoms. The lowest BCUT2D eigenvalue weighted by molar-refractivity contribution is -0.332. The van der Waals surface area contributed by atoms with Gasteiger partial charge in [-0.1, -0.05) is 238 Å². The van der Waals surface area contributed by atoms with Crippen molar-refractivity contribution >= 4 is 11.9 Å².